The van der Waals surface area contributed by atoms with E-state index in [1.54, 1.807) is 16.3 Å². The summed E-state index contributed by atoms with van der Waals surface area (Å²) in [5.74, 6) is -0.331. The lowest BCUT2D eigenvalue weighted by Crippen LogP contribution is -2.24. The van der Waals surface area contributed by atoms with Crippen LogP contribution >= 0.6 is 23.5 Å². The summed E-state index contributed by atoms with van der Waals surface area (Å²) in [6.07, 6.45) is 0.772. The summed E-state index contributed by atoms with van der Waals surface area (Å²) in [6, 6.07) is 7.69. The molecule has 0 radical (unpaired) electrons. The number of hydrogen-bond donors (Lipinski definition) is 1. The first-order chi connectivity index (χ1) is 11.0. The van der Waals surface area contributed by atoms with Crippen molar-refractivity contribution in [1.29, 1.82) is 0 Å². The molecule has 0 bridgehead atoms. The maximum atomic E-state index is 12.9. The Bertz CT molecular complexity index is 815. The molecule has 0 saturated carbocycles. The van der Waals surface area contributed by atoms with Gasteiger partial charge in [-0.2, -0.15) is 0 Å². The van der Waals surface area contributed by atoms with Crippen molar-refractivity contribution in [3.05, 3.63) is 45.9 Å². The van der Waals surface area contributed by atoms with Crippen LogP contribution < -0.4 is 11.3 Å². The molecule has 0 fully saturated rings. The topological polar surface area (TPSA) is 78.0 Å². The fraction of sp³-hybridized carbons (Fsp3) is 0.312. The van der Waals surface area contributed by atoms with Gasteiger partial charge >= 0.3 is 0 Å². The number of rotatable bonds is 4. The SMILES string of the molecule is Cc1ccc(-n2c(SCC(N)=O)nc3c(c2=O)SC(C)C3)cc1. The predicted molar refractivity (Wildman–Crippen MR) is 93.5 cm³/mol. The Kier molecular flexibility index (Phi) is 4.50. The number of nitrogens with zero attached hydrogens (tertiary/aromatic N) is 2. The lowest BCUT2D eigenvalue weighted by Gasteiger charge is -2.13. The number of hydrogen-bond acceptors (Lipinski definition) is 5. The average Bonchev–Trinajstić information content (AvgIpc) is 2.87. The molecule has 2 heterocycles. The van der Waals surface area contributed by atoms with E-state index >= 15 is 0 Å². The summed E-state index contributed by atoms with van der Waals surface area (Å²) in [5, 5.41) is 0.860. The Morgan fingerprint density at radius 2 is 2.13 bits per heavy atom. The van der Waals surface area contributed by atoms with Gasteiger partial charge in [-0.1, -0.05) is 36.4 Å². The van der Waals surface area contributed by atoms with E-state index in [2.05, 4.69) is 11.9 Å². The highest BCUT2D eigenvalue weighted by Gasteiger charge is 2.26. The molecule has 1 aromatic carbocycles. The van der Waals surface area contributed by atoms with Crippen molar-refractivity contribution in [1.82, 2.24) is 9.55 Å². The third-order valence-electron chi connectivity index (χ3n) is 3.52. The molecular weight excluding hydrogens is 330 g/mol. The second-order valence-electron chi connectivity index (χ2n) is 5.53. The highest BCUT2D eigenvalue weighted by atomic mass is 32.2. The highest BCUT2D eigenvalue weighted by molar-refractivity contribution is 8.00. The molecule has 1 atom stereocenters. The van der Waals surface area contributed by atoms with Gasteiger partial charge in [0, 0.05) is 11.7 Å². The quantitative estimate of drug-likeness (QED) is 0.677. The van der Waals surface area contributed by atoms with Gasteiger partial charge in [-0.25, -0.2) is 4.98 Å². The predicted octanol–water partition coefficient (Wildman–Crippen LogP) is 2.16. The van der Waals surface area contributed by atoms with Gasteiger partial charge in [0.25, 0.3) is 5.56 Å². The molecule has 1 unspecified atom stereocenters. The Morgan fingerprint density at radius 3 is 2.78 bits per heavy atom. The Balaban J connectivity index is 2.15. The van der Waals surface area contributed by atoms with Crippen molar-refractivity contribution in [3.63, 3.8) is 0 Å². The number of carbonyl (C=O) groups is 1. The van der Waals surface area contributed by atoms with Gasteiger partial charge in [0.1, 0.15) is 0 Å². The number of aromatic nitrogens is 2. The molecule has 120 valence electrons. The molecule has 0 saturated heterocycles. The van der Waals surface area contributed by atoms with E-state index in [1.807, 2.05) is 31.2 Å². The van der Waals surface area contributed by atoms with Crippen LogP contribution in [0.15, 0.2) is 39.1 Å². The van der Waals surface area contributed by atoms with E-state index in [0.717, 1.165) is 23.4 Å². The number of primary amides is 1. The first kappa shape index (κ1) is 16.1. The van der Waals surface area contributed by atoms with Crippen molar-refractivity contribution in [2.24, 2.45) is 5.73 Å². The zero-order valence-electron chi connectivity index (χ0n) is 12.9. The fourth-order valence-corrected chi connectivity index (χ4v) is 4.32. The summed E-state index contributed by atoms with van der Waals surface area (Å²) in [4.78, 5) is 29.4. The van der Waals surface area contributed by atoms with Crippen molar-refractivity contribution >= 4 is 29.4 Å². The summed E-state index contributed by atoms with van der Waals surface area (Å²) >= 11 is 2.77. The fourth-order valence-electron chi connectivity index (χ4n) is 2.45. The van der Waals surface area contributed by atoms with E-state index in [-0.39, 0.29) is 11.3 Å². The number of carbonyl (C=O) groups excluding carboxylic acids is 1. The lowest BCUT2D eigenvalue weighted by molar-refractivity contribution is -0.115. The van der Waals surface area contributed by atoms with Crippen molar-refractivity contribution in [2.75, 3.05) is 5.75 Å². The minimum absolute atomic E-state index is 0.0693. The lowest BCUT2D eigenvalue weighted by atomic mass is 10.2. The number of amides is 1. The minimum atomic E-state index is -0.428. The maximum absolute atomic E-state index is 12.9. The maximum Gasteiger partial charge on any atom is 0.272 e. The molecule has 23 heavy (non-hydrogen) atoms. The number of benzene rings is 1. The Morgan fingerprint density at radius 1 is 1.43 bits per heavy atom. The molecule has 0 aliphatic carbocycles. The van der Waals surface area contributed by atoms with Gasteiger partial charge in [0.15, 0.2) is 5.16 Å². The summed E-state index contributed by atoms with van der Waals surface area (Å²) in [7, 11) is 0. The van der Waals surface area contributed by atoms with Crippen molar-refractivity contribution < 1.29 is 4.79 Å². The van der Waals surface area contributed by atoms with Crippen LogP contribution in [0.4, 0.5) is 0 Å². The molecule has 1 aromatic heterocycles. The van der Waals surface area contributed by atoms with Gasteiger partial charge < -0.3 is 5.73 Å². The largest absolute Gasteiger partial charge is 0.369 e. The van der Waals surface area contributed by atoms with E-state index in [0.29, 0.717) is 15.3 Å². The molecule has 1 amide bonds. The number of fused-ring (bicyclic) bond motifs is 1. The smallest absolute Gasteiger partial charge is 0.272 e. The monoisotopic (exact) mass is 347 g/mol. The van der Waals surface area contributed by atoms with Gasteiger partial charge in [-0.15, -0.1) is 11.8 Å². The molecular formula is C16H17N3O2S2. The van der Waals surface area contributed by atoms with Crippen LogP contribution in [-0.4, -0.2) is 26.5 Å². The van der Waals surface area contributed by atoms with Gasteiger partial charge in [0.2, 0.25) is 5.91 Å². The second kappa shape index (κ2) is 6.41. The van der Waals surface area contributed by atoms with Crippen LogP contribution in [0.2, 0.25) is 0 Å². The van der Waals surface area contributed by atoms with Crippen LogP contribution in [0.5, 0.6) is 0 Å². The third kappa shape index (κ3) is 3.30. The normalized spacial score (nSPS) is 16.3. The molecule has 3 rings (SSSR count). The molecule has 2 aromatic rings. The van der Waals surface area contributed by atoms with Crippen molar-refractivity contribution in [3.8, 4) is 5.69 Å². The van der Waals surface area contributed by atoms with E-state index in [1.165, 1.54) is 11.8 Å². The number of aryl methyl sites for hydroxylation is 1. The molecule has 2 N–H and O–H groups in total. The molecule has 5 nitrogen and oxygen atoms in total. The number of nitrogens with two attached hydrogens (primary N) is 1. The highest BCUT2D eigenvalue weighted by Crippen LogP contribution is 2.34. The standard InChI is InChI=1S/C16H17N3O2S2/c1-9-3-5-11(6-4-9)19-15(21)14-12(7-10(2)23-14)18-16(19)22-8-13(17)20/h3-6,10H,7-8H2,1-2H3,(H2,17,20). The van der Waals surface area contributed by atoms with Crippen LogP contribution in [0.3, 0.4) is 0 Å². The molecule has 0 spiro atoms. The summed E-state index contributed by atoms with van der Waals surface area (Å²) in [5.41, 5.74) is 7.86. The number of thioether (sulfide) groups is 2. The third-order valence-corrected chi connectivity index (χ3v) is 5.69. The Hall–Kier alpha value is -1.73. The van der Waals surface area contributed by atoms with Crippen LogP contribution in [0, 0.1) is 6.92 Å². The minimum Gasteiger partial charge on any atom is -0.369 e. The van der Waals surface area contributed by atoms with E-state index < -0.39 is 5.91 Å². The van der Waals surface area contributed by atoms with Gasteiger partial charge in [-0.05, 0) is 19.1 Å². The van der Waals surface area contributed by atoms with E-state index in [4.69, 9.17) is 5.73 Å². The first-order valence-electron chi connectivity index (χ1n) is 7.26. The van der Waals surface area contributed by atoms with Crippen LogP contribution in [0.25, 0.3) is 5.69 Å². The molecule has 1 aliphatic rings. The summed E-state index contributed by atoms with van der Waals surface area (Å²) in [6.45, 7) is 4.08. The van der Waals surface area contributed by atoms with Gasteiger partial charge in [-0.3, -0.25) is 14.2 Å². The van der Waals surface area contributed by atoms with E-state index in [9.17, 15) is 9.59 Å². The average molecular weight is 347 g/mol. The summed E-state index contributed by atoms with van der Waals surface area (Å²) < 4.78 is 1.58. The van der Waals surface area contributed by atoms with Crippen LogP contribution in [-0.2, 0) is 11.2 Å². The van der Waals surface area contributed by atoms with Crippen molar-refractivity contribution in [2.45, 2.75) is 35.6 Å². The molecule has 7 heteroatoms. The first-order valence-corrected chi connectivity index (χ1v) is 9.13. The Labute approximate surface area is 142 Å². The zero-order valence-corrected chi connectivity index (χ0v) is 14.5. The zero-order chi connectivity index (χ0) is 16.6. The molecule has 1 aliphatic heterocycles. The second-order valence-corrected chi connectivity index (χ2v) is 7.93. The van der Waals surface area contributed by atoms with Crippen LogP contribution in [0.1, 0.15) is 18.2 Å². The van der Waals surface area contributed by atoms with Gasteiger partial charge in [0.05, 0.1) is 22.0 Å².